The van der Waals surface area contributed by atoms with E-state index in [1.807, 2.05) is 0 Å². The lowest BCUT2D eigenvalue weighted by atomic mass is 10.1. The fourth-order valence-electron chi connectivity index (χ4n) is 2.55. The number of carbonyl (C=O) groups is 3. The molecule has 3 rings (SSSR count). The largest absolute Gasteiger partial charge is 0.465 e. The van der Waals surface area contributed by atoms with Crippen molar-refractivity contribution in [2.24, 2.45) is 10.9 Å². The number of rotatable bonds is 4. The summed E-state index contributed by atoms with van der Waals surface area (Å²) >= 11 is 8.48. The Hall–Kier alpha value is -2.91. The van der Waals surface area contributed by atoms with Crippen molar-refractivity contribution in [1.29, 1.82) is 0 Å². The van der Waals surface area contributed by atoms with E-state index in [9.17, 15) is 14.4 Å². The fraction of sp³-hybridized carbons (Fsp3) is 0.105. The third kappa shape index (κ3) is 4.15. The van der Waals surface area contributed by atoms with Crippen molar-refractivity contribution in [1.82, 2.24) is 5.32 Å². The van der Waals surface area contributed by atoms with Crippen LogP contribution in [-0.4, -0.2) is 36.2 Å². The second-order valence-electron chi connectivity index (χ2n) is 5.74. The first-order valence-corrected chi connectivity index (χ1v) is 9.28. The lowest BCUT2D eigenvalue weighted by Crippen LogP contribution is -2.58. The monoisotopic (exact) mass is 459 g/mol. The van der Waals surface area contributed by atoms with Gasteiger partial charge in [0, 0.05) is 10.7 Å². The van der Waals surface area contributed by atoms with Gasteiger partial charge in [0.05, 0.1) is 24.0 Å². The zero-order valence-corrected chi connectivity index (χ0v) is 17.0. The lowest BCUT2D eigenvalue weighted by Gasteiger charge is -2.30. The Morgan fingerprint density at radius 2 is 1.96 bits per heavy atom. The second kappa shape index (κ2) is 8.41. The standard InChI is InChI=1S/C19H14BrN3O4S/c1-27-18(26)11-3-2-4-13(9-11)21-10-15-16(24)22-19(28)23(17(15)25)14-7-5-12(20)6-8-14/h2-10,15H,1H3,(H,22,24,28)/t15-/m0/s1. The van der Waals surface area contributed by atoms with Crippen molar-refractivity contribution >= 4 is 68.6 Å². The third-order valence-electron chi connectivity index (χ3n) is 3.93. The summed E-state index contributed by atoms with van der Waals surface area (Å²) < 4.78 is 5.52. The number of halogens is 1. The van der Waals surface area contributed by atoms with Gasteiger partial charge in [-0.2, -0.15) is 0 Å². The van der Waals surface area contributed by atoms with Gasteiger partial charge in [-0.1, -0.05) is 22.0 Å². The van der Waals surface area contributed by atoms with Crippen LogP contribution in [0.25, 0.3) is 0 Å². The topological polar surface area (TPSA) is 88.1 Å². The maximum Gasteiger partial charge on any atom is 0.337 e. The van der Waals surface area contributed by atoms with E-state index in [1.54, 1.807) is 42.5 Å². The zero-order valence-electron chi connectivity index (χ0n) is 14.6. The zero-order chi connectivity index (χ0) is 20.3. The number of esters is 1. The van der Waals surface area contributed by atoms with Gasteiger partial charge >= 0.3 is 5.97 Å². The molecule has 7 nitrogen and oxygen atoms in total. The van der Waals surface area contributed by atoms with E-state index >= 15 is 0 Å². The smallest absolute Gasteiger partial charge is 0.337 e. The molecule has 1 N–H and O–H groups in total. The summed E-state index contributed by atoms with van der Waals surface area (Å²) in [6, 6.07) is 13.3. The van der Waals surface area contributed by atoms with Gasteiger partial charge in [0.2, 0.25) is 5.91 Å². The molecule has 1 fully saturated rings. The van der Waals surface area contributed by atoms with Crippen LogP contribution in [0.5, 0.6) is 0 Å². The molecule has 0 spiro atoms. The number of nitrogens with zero attached hydrogens (tertiary/aromatic N) is 2. The Kier molecular flexibility index (Phi) is 5.96. The average molecular weight is 460 g/mol. The first-order valence-electron chi connectivity index (χ1n) is 8.07. The van der Waals surface area contributed by atoms with E-state index in [1.165, 1.54) is 24.3 Å². The predicted octanol–water partition coefficient (Wildman–Crippen LogP) is 3.00. The van der Waals surface area contributed by atoms with Gasteiger partial charge < -0.3 is 10.1 Å². The maximum absolute atomic E-state index is 12.9. The lowest BCUT2D eigenvalue weighted by molar-refractivity contribution is -0.130. The van der Waals surface area contributed by atoms with E-state index in [4.69, 9.17) is 12.2 Å². The van der Waals surface area contributed by atoms with E-state index in [0.29, 0.717) is 16.9 Å². The third-order valence-corrected chi connectivity index (χ3v) is 4.74. The molecule has 0 aromatic heterocycles. The van der Waals surface area contributed by atoms with Gasteiger partial charge in [0.25, 0.3) is 5.91 Å². The minimum Gasteiger partial charge on any atom is -0.465 e. The summed E-state index contributed by atoms with van der Waals surface area (Å²) in [6.07, 6.45) is 1.24. The molecule has 1 heterocycles. The maximum atomic E-state index is 12.9. The molecule has 0 radical (unpaired) electrons. The normalized spacial score (nSPS) is 17.0. The van der Waals surface area contributed by atoms with E-state index in [-0.39, 0.29) is 5.11 Å². The summed E-state index contributed by atoms with van der Waals surface area (Å²) in [5.74, 6) is -2.73. The molecular weight excluding hydrogens is 446 g/mol. The Bertz CT molecular complexity index is 991. The predicted molar refractivity (Wildman–Crippen MR) is 112 cm³/mol. The molecule has 2 aromatic rings. The van der Waals surface area contributed by atoms with Gasteiger partial charge in [-0.15, -0.1) is 0 Å². The highest BCUT2D eigenvalue weighted by Gasteiger charge is 2.38. The van der Waals surface area contributed by atoms with Crippen molar-refractivity contribution < 1.29 is 19.1 Å². The highest BCUT2D eigenvalue weighted by molar-refractivity contribution is 9.10. The van der Waals surface area contributed by atoms with Gasteiger partial charge in [0.15, 0.2) is 11.0 Å². The van der Waals surface area contributed by atoms with Crippen LogP contribution < -0.4 is 10.2 Å². The Balaban J connectivity index is 1.86. The van der Waals surface area contributed by atoms with Crippen LogP contribution >= 0.6 is 28.1 Å². The molecule has 0 unspecified atom stereocenters. The Morgan fingerprint density at radius 1 is 1.25 bits per heavy atom. The number of aliphatic imine (C=N–C) groups is 1. The van der Waals surface area contributed by atoms with Crippen LogP contribution in [0, 0.1) is 5.92 Å². The number of amides is 2. The van der Waals surface area contributed by atoms with Crippen LogP contribution in [-0.2, 0) is 14.3 Å². The number of carbonyl (C=O) groups excluding carboxylic acids is 3. The molecule has 1 saturated heterocycles. The van der Waals surface area contributed by atoms with Crippen LogP contribution in [0.3, 0.4) is 0 Å². The van der Waals surface area contributed by atoms with Crippen molar-refractivity contribution in [3.63, 3.8) is 0 Å². The number of methoxy groups -OCH3 is 1. The molecule has 1 aliphatic rings. The minimum atomic E-state index is -1.16. The SMILES string of the molecule is COC(=O)c1cccc(N=C[C@H]2C(=O)NC(=S)N(c3ccc(Br)cc3)C2=O)c1. The molecule has 1 atom stereocenters. The quantitative estimate of drug-likeness (QED) is 0.328. The number of thiocarbonyl (C=S) groups is 1. The Labute approximate surface area is 174 Å². The summed E-state index contributed by atoms with van der Waals surface area (Å²) in [5, 5.41) is 2.53. The molecule has 0 aliphatic carbocycles. The van der Waals surface area contributed by atoms with Crippen LogP contribution in [0.2, 0.25) is 0 Å². The van der Waals surface area contributed by atoms with Crippen molar-refractivity contribution in [2.75, 3.05) is 12.0 Å². The molecule has 0 bridgehead atoms. The van der Waals surface area contributed by atoms with Crippen LogP contribution in [0.15, 0.2) is 58.0 Å². The van der Waals surface area contributed by atoms with Crippen molar-refractivity contribution in [2.45, 2.75) is 0 Å². The minimum absolute atomic E-state index is 0.00895. The van der Waals surface area contributed by atoms with Crippen molar-refractivity contribution in [3.05, 3.63) is 58.6 Å². The van der Waals surface area contributed by atoms with E-state index in [2.05, 4.69) is 31.0 Å². The number of hydrogen-bond donors (Lipinski definition) is 1. The summed E-state index contributed by atoms with van der Waals surface area (Å²) in [5.41, 5.74) is 1.25. The molecule has 142 valence electrons. The fourth-order valence-corrected chi connectivity index (χ4v) is 3.11. The van der Waals surface area contributed by atoms with Gasteiger partial charge in [-0.25, -0.2) is 4.79 Å². The molecule has 0 saturated carbocycles. The summed E-state index contributed by atoms with van der Waals surface area (Å²) in [7, 11) is 1.28. The number of anilines is 1. The van der Waals surface area contributed by atoms with Crippen LogP contribution in [0.4, 0.5) is 11.4 Å². The highest BCUT2D eigenvalue weighted by Crippen LogP contribution is 2.23. The average Bonchev–Trinajstić information content (AvgIpc) is 2.68. The molecular formula is C19H14BrN3O4S. The summed E-state index contributed by atoms with van der Waals surface area (Å²) in [4.78, 5) is 42.2. The molecule has 28 heavy (non-hydrogen) atoms. The number of ether oxygens (including phenoxy) is 1. The van der Waals surface area contributed by atoms with E-state index < -0.39 is 23.7 Å². The summed E-state index contributed by atoms with van der Waals surface area (Å²) in [6.45, 7) is 0. The van der Waals surface area contributed by atoms with Gasteiger partial charge in [-0.3, -0.25) is 19.5 Å². The first kappa shape index (κ1) is 19.8. The number of hydrogen-bond acceptors (Lipinski definition) is 6. The Morgan fingerprint density at radius 3 is 2.64 bits per heavy atom. The van der Waals surface area contributed by atoms with Crippen LogP contribution in [0.1, 0.15) is 10.4 Å². The second-order valence-corrected chi connectivity index (χ2v) is 7.04. The molecule has 2 aromatic carbocycles. The number of nitrogens with one attached hydrogen (secondary N) is 1. The molecule has 1 aliphatic heterocycles. The van der Waals surface area contributed by atoms with Gasteiger partial charge in [0.1, 0.15) is 0 Å². The van der Waals surface area contributed by atoms with E-state index in [0.717, 1.165) is 4.47 Å². The first-order chi connectivity index (χ1) is 13.4. The van der Waals surface area contributed by atoms with Crippen molar-refractivity contribution in [3.8, 4) is 0 Å². The molecule has 2 amide bonds. The number of benzene rings is 2. The molecule has 9 heteroatoms. The highest BCUT2D eigenvalue weighted by atomic mass is 79.9. The van der Waals surface area contributed by atoms with Gasteiger partial charge in [-0.05, 0) is 54.7 Å².